The fourth-order valence-corrected chi connectivity index (χ4v) is 3.88. The number of methoxy groups -OCH3 is 3. The van der Waals surface area contributed by atoms with Gasteiger partial charge in [-0.2, -0.15) is 0 Å². The molecule has 2 aromatic heterocycles. The van der Waals surface area contributed by atoms with Crippen molar-refractivity contribution >= 4 is 27.9 Å². The van der Waals surface area contributed by atoms with Crippen molar-refractivity contribution in [1.29, 1.82) is 0 Å². The lowest BCUT2D eigenvalue weighted by molar-refractivity contribution is 0.324. The maximum atomic E-state index is 5.48. The molecule has 7 heteroatoms. The van der Waals surface area contributed by atoms with Crippen LogP contribution in [0.4, 0.5) is 11.5 Å². The molecule has 0 atom stereocenters. The molecule has 2 heterocycles. The van der Waals surface area contributed by atoms with Gasteiger partial charge in [-0.15, -0.1) is 0 Å². The van der Waals surface area contributed by atoms with Crippen molar-refractivity contribution in [2.24, 2.45) is 0 Å². The summed E-state index contributed by atoms with van der Waals surface area (Å²) in [7, 11) is 4.76. The molecule has 160 valence electrons. The van der Waals surface area contributed by atoms with E-state index in [-0.39, 0.29) is 0 Å². The first-order valence-electron chi connectivity index (χ1n) is 10.1. The number of benzene rings is 3. The maximum Gasteiger partial charge on any atom is 0.203 e. The zero-order valence-electron chi connectivity index (χ0n) is 18.0. The van der Waals surface area contributed by atoms with Crippen LogP contribution in [0.3, 0.4) is 0 Å². The van der Waals surface area contributed by atoms with Gasteiger partial charge >= 0.3 is 0 Å². The van der Waals surface area contributed by atoms with Crippen LogP contribution in [0.25, 0.3) is 27.7 Å². The van der Waals surface area contributed by atoms with Gasteiger partial charge in [-0.3, -0.25) is 0 Å². The van der Waals surface area contributed by atoms with Gasteiger partial charge < -0.3 is 23.9 Å². The van der Waals surface area contributed by atoms with Gasteiger partial charge in [-0.1, -0.05) is 42.5 Å². The van der Waals surface area contributed by atoms with Crippen molar-refractivity contribution in [1.82, 2.24) is 14.4 Å². The predicted molar refractivity (Wildman–Crippen MR) is 125 cm³/mol. The Hall–Kier alpha value is -4.26. The highest BCUT2D eigenvalue weighted by Gasteiger charge is 2.16. The molecule has 0 aliphatic heterocycles. The highest BCUT2D eigenvalue weighted by atomic mass is 16.5. The Labute approximate surface area is 185 Å². The van der Waals surface area contributed by atoms with Crippen LogP contribution < -0.4 is 19.5 Å². The normalized spacial score (nSPS) is 11.0. The van der Waals surface area contributed by atoms with Crippen molar-refractivity contribution in [3.63, 3.8) is 0 Å². The lowest BCUT2D eigenvalue weighted by Crippen LogP contribution is -2.02. The first kappa shape index (κ1) is 19.7. The summed E-state index contributed by atoms with van der Waals surface area (Å²) in [6, 6.07) is 18.2. The maximum absolute atomic E-state index is 5.48. The van der Waals surface area contributed by atoms with E-state index >= 15 is 0 Å². The molecule has 32 heavy (non-hydrogen) atoms. The second kappa shape index (κ2) is 8.11. The zero-order valence-corrected chi connectivity index (χ0v) is 18.0. The third-order valence-electron chi connectivity index (χ3n) is 5.37. The van der Waals surface area contributed by atoms with Crippen LogP contribution >= 0.6 is 0 Å². The van der Waals surface area contributed by atoms with E-state index < -0.39 is 0 Å². The van der Waals surface area contributed by atoms with Gasteiger partial charge in [0.25, 0.3) is 0 Å². The quantitative estimate of drug-likeness (QED) is 0.396. The number of hydrogen-bond donors (Lipinski definition) is 1. The minimum absolute atomic E-state index is 0.531. The van der Waals surface area contributed by atoms with E-state index in [0.717, 1.165) is 27.7 Å². The molecule has 0 saturated carbocycles. The van der Waals surface area contributed by atoms with Crippen molar-refractivity contribution < 1.29 is 14.2 Å². The molecule has 0 aliphatic carbocycles. The Kier molecular flexibility index (Phi) is 4.99. The summed E-state index contributed by atoms with van der Waals surface area (Å²) >= 11 is 0. The fraction of sp³-hybridized carbons (Fsp3) is 0.120. The van der Waals surface area contributed by atoms with Gasteiger partial charge in [-0.25, -0.2) is 9.97 Å². The third kappa shape index (κ3) is 3.33. The van der Waals surface area contributed by atoms with Crippen LogP contribution in [0.2, 0.25) is 0 Å². The molecule has 0 unspecified atom stereocenters. The van der Waals surface area contributed by atoms with Gasteiger partial charge in [-0.05, 0) is 10.8 Å². The van der Waals surface area contributed by atoms with E-state index in [0.29, 0.717) is 28.7 Å². The summed E-state index contributed by atoms with van der Waals surface area (Å²) < 4.78 is 18.4. The Balaban J connectivity index is 1.65. The number of aromatic nitrogens is 3. The molecule has 0 spiro atoms. The van der Waals surface area contributed by atoms with Crippen LogP contribution in [-0.2, 0) is 0 Å². The van der Waals surface area contributed by atoms with E-state index in [1.807, 2.05) is 47.1 Å². The second-order valence-electron chi connectivity index (χ2n) is 7.20. The molecule has 5 rings (SSSR count). The summed E-state index contributed by atoms with van der Waals surface area (Å²) in [5.41, 5.74) is 3.34. The van der Waals surface area contributed by atoms with Crippen LogP contribution in [0, 0.1) is 0 Å². The van der Waals surface area contributed by atoms with E-state index in [4.69, 9.17) is 19.2 Å². The molecule has 5 aromatic rings. The van der Waals surface area contributed by atoms with Crippen LogP contribution in [0.5, 0.6) is 17.2 Å². The Morgan fingerprint density at radius 1 is 0.875 bits per heavy atom. The van der Waals surface area contributed by atoms with Crippen LogP contribution in [-0.4, -0.2) is 35.7 Å². The smallest absolute Gasteiger partial charge is 0.203 e. The highest BCUT2D eigenvalue weighted by Crippen LogP contribution is 2.41. The van der Waals surface area contributed by atoms with E-state index in [1.165, 1.54) is 0 Å². The van der Waals surface area contributed by atoms with Crippen molar-refractivity contribution in [3.8, 4) is 28.5 Å². The molecule has 0 amide bonds. The number of ether oxygens (including phenoxy) is 3. The average molecular weight is 426 g/mol. The minimum atomic E-state index is 0.531. The molecule has 0 radical (unpaired) electrons. The first-order chi connectivity index (χ1) is 15.7. The molecule has 0 bridgehead atoms. The van der Waals surface area contributed by atoms with Crippen molar-refractivity contribution in [3.05, 3.63) is 73.2 Å². The summed E-state index contributed by atoms with van der Waals surface area (Å²) in [5.74, 6) is 2.26. The second-order valence-corrected chi connectivity index (χ2v) is 7.20. The number of nitrogens with one attached hydrogen (secondary N) is 1. The van der Waals surface area contributed by atoms with E-state index in [2.05, 4.69) is 34.6 Å². The summed E-state index contributed by atoms with van der Waals surface area (Å²) in [4.78, 5) is 9.42. The largest absolute Gasteiger partial charge is 0.493 e. The topological polar surface area (TPSA) is 69.9 Å². The molecular weight excluding hydrogens is 404 g/mol. The lowest BCUT2D eigenvalue weighted by atomic mass is 10.0. The first-order valence-corrected chi connectivity index (χ1v) is 10.1. The minimum Gasteiger partial charge on any atom is -0.493 e. The molecule has 3 aromatic carbocycles. The van der Waals surface area contributed by atoms with E-state index in [1.54, 1.807) is 27.5 Å². The Morgan fingerprint density at radius 2 is 1.62 bits per heavy atom. The number of anilines is 2. The molecule has 7 nitrogen and oxygen atoms in total. The molecule has 0 fully saturated rings. The van der Waals surface area contributed by atoms with Crippen LogP contribution in [0.1, 0.15) is 0 Å². The summed E-state index contributed by atoms with van der Waals surface area (Å²) in [6.07, 6.45) is 5.65. The van der Waals surface area contributed by atoms with Crippen LogP contribution in [0.15, 0.2) is 73.2 Å². The van der Waals surface area contributed by atoms with Gasteiger partial charge in [0.1, 0.15) is 0 Å². The molecular formula is C25H22N4O3. The third-order valence-corrected chi connectivity index (χ3v) is 5.37. The zero-order chi connectivity index (χ0) is 22.1. The molecule has 1 N–H and O–H groups in total. The summed E-state index contributed by atoms with van der Waals surface area (Å²) in [5, 5.41) is 5.69. The number of rotatable bonds is 6. The number of fused-ring (bicyclic) bond motifs is 2. The van der Waals surface area contributed by atoms with Gasteiger partial charge in [0.05, 0.1) is 27.0 Å². The van der Waals surface area contributed by atoms with Gasteiger partial charge in [0.2, 0.25) is 5.75 Å². The predicted octanol–water partition coefficient (Wildman–Crippen LogP) is 5.32. The number of imidazole rings is 1. The van der Waals surface area contributed by atoms with E-state index in [9.17, 15) is 0 Å². The average Bonchev–Trinajstić information content (AvgIpc) is 3.32. The fourth-order valence-electron chi connectivity index (χ4n) is 3.88. The van der Waals surface area contributed by atoms with Crippen molar-refractivity contribution in [2.45, 2.75) is 0 Å². The molecule has 0 aliphatic rings. The highest BCUT2D eigenvalue weighted by molar-refractivity contribution is 5.96. The monoisotopic (exact) mass is 426 g/mol. The van der Waals surface area contributed by atoms with Gasteiger partial charge in [0, 0.05) is 42.0 Å². The van der Waals surface area contributed by atoms with Crippen molar-refractivity contribution in [2.75, 3.05) is 26.6 Å². The standard InChI is InChI=1S/C25H22N4O3/c1-30-21-13-17(14-22(31-2)23(21)32-3)27-24-25-26-11-12-29(25)15-20(28-24)19-10-6-8-16-7-4-5-9-18(16)19/h4-15H,1-3H3,(H,27,28). The lowest BCUT2D eigenvalue weighted by Gasteiger charge is -2.16. The van der Waals surface area contributed by atoms with Gasteiger partial charge in [0.15, 0.2) is 23.0 Å². The SMILES string of the molecule is COc1cc(Nc2nc(-c3cccc4ccccc34)cn3ccnc23)cc(OC)c1OC. The molecule has 0 saturated heterocycles. The number of nitrogens with zero attached hydrogens (tertiary/aromatic N) is 3. The number of hydrogen-bond acceptors (Lipinski definition) is 6. The Bertz CT molecular complexity index is 1400. The summed E-state index contributed by atoms with van der Waals surface area (Å²) in [6.45, 7) is 0. The Morgan fingerprint density at radius 3 is 2.38 bits per heavy atom.